The van der Waals surface area contributed by atoms with Gasteiger partial charge >= 0.3 is 0 Å². The number of nitrogens with zero attached hydrogens (tertiary/aromatic N) is 1. The predicted molar refractivity (Wildman–Crippen MR) is 136 cm³/mol. The molecule has 5 nitrogen and oxygen atoms in total. The highest BCUT2D eigenvalue weighted by Gasteiger charge is 2.28. The first-order valence-corrected chi connectivity index (χ1v) is 11.3. The summed E-state index contributed by atoms with van der Waals surface area (Å²) in [7, 11) is 0. The molecule has 3 N–H and O–H groups in total. The van der Waals surface area contributed by atoms with Crippen molar-refractivity contribution >= 4 is 51.1 Å². The van der Waals surface area contributed by atoms with Crippen molar-refractivity contribution in [3.8, 4) is 0 Å². The molecule has 164 valence electrons. The number of hydrogen-bond donors (Lipinski definition) is 3. The number of hydrogen-bond acceptors (Lipinski definition) is 4. The van der Waals surface area contributed by atoms with Crippen LogP contribution >= 0.6 is 11.6 Å². The highest BCUT2D eigenvalue weighted by Crippen LogP contribution is 2.39. The van der Waals surface area contributed by atoms with Crippen LogP contribution in [-0.4, -0.2) is 17.4 Å². The van der Waals surface area contributed by atoms with Crippen molar-refractivity contribution in [2.75, 3.05) is 17.2 Å². The van der Waals surface area contributed by atoms with Gasteiger partial charge in [-0.25, -0.2) is 0 Å². The van der Waals surface area contributed by atoms with Gasteiger partial charge < -0.3 is 16.0 Å². The second-order valence-corrected chi connectivity index (χ2v) is 8.34. The third-order valence-corrected chi connectivity index (χ3v) is 5.91. The Balaban J connectivity index is 1.63. The lowest BCUT2D eigenvalue weighted by Crippen LogP contribution is -2.12. The maximum atomic E-state index is 13.1. The lowest BCUT2D eigenvalue weighted by atomic mass is 9.99. The van der Waals surface area contributed by atoms with Crippen LogP contribution in [0.1, 0.15) is 23.6 Å². The molecule has 1 amide bonds. The molecule has 1 aliphatic heterocycles. The maximum absolute atomic E-state index is 13.1. The van der Waals surface area contributed by atoms with E-state index in [4.69, 9.17) is 11.6 Å². The Hall–Kier alpha value is -3.67. The Kier molecular flexibility index (Phi) is 5.82. The summed E-state index contributed by atoms with van der Waals surface area (Å²) in [5.74, 6) is -0.167. The molecule has 0 aliphatic carbocycles. The molecule has 0 saturated carbocycles. The zero-order chi connectivity index (χ0) is 22.8. The fourth-order valence-electron chi connectivity index (χ4n) is 4.01. The summed E-state index contributed by atoms with van der Waals surface area (Å²) in [5, 5.41) is 11.4. The monoisotopic (exact) mass is 454 g/mol. The number of halogens is 1. The van der Waals surface area contributed by atoms with Crippen LogP contribution < -0.4 is 16.0 Å². The van der Waals surface area contributed by atoms with Gasteiger partial charge in [-0.2, -0.15) is 0 Å². The van der Waals surface area contributed by atoms with Crippen molar-refractivity contribution in [1.29, 1.82) is 0 Å². The van der Waals surface area contributed by atoms with E-state index in [1.807, 2.05) is 48.5 Å². The number of carbonyl (C=O) groups excluding carboxylic acids is 1. The van der Waals surface area contributed by atoms with Gasteiger partial charge in [-0.15, -0.1) is 0 Å². The summed E-state index contributed by atoms with van der Waals surface area (Å²) in [5.41, 5.74) is 6.67. The van der Waals surface area contributed by atoms with E-state index in [0.717, 1.165) is 46.5 Å². The minimum atomic E-state index is -0.167. The number of anilines is 2. The van der Waals surface area contributed by atoms with Crippen LogP contribution in [0.15, 0.2) is 79.0 Å². The van der Waals surface area contributed by atoms with Crippen LogP contribution in [0.4, 0.5) is 11.4 Å². The molecule has 0 radical (unpaired) electrons. The Bertz CT molecular complexity index is 1380. The third kappa shape index (κ3) is 4.33. The molecule has 0 spiro atoms. The van der Waals surface area contributed by atoms with E-state index in [2.05, 4.69) is 40.0 Å². The number of rotatable bonds is 6. The van der Waals surface area contributed by atoms with Crippen LogP contribution in [0.2, 0.25) is 5.02 Å². The molecular weight excluding hydrogens is 432 g/mol. The number of amides is 1. The first kappa shape index (κ1) is 21.2. The normalized spacial score (nSPS) is 14.2. The van der Waals surface area contributed by atoms with Crippen LogP contribution in [0.5, 0.6) is 0 Å². The lowest BCUT2D eigenvalue weighted by molar-refractivity contribution is -0.110. The van der Waals surface area contributed by atoms with Gasteiger partial charge in [-0.1, -0.05) is 54.9 Å². The second kappa shape index (κ2) is 9.06. The summed E-state index contributed by atoms with van der Waals surface area (Å²) >= 11 is 6.17. The zero-order valence-corrected chi connectivity index (χ0v) is 18.9. The molecule has 5 rings (SSSR count). The fourth-order valence-corrected chi connectivity index (χ4v) is 4.19. The zero-order valence-electron chi connectivity index (χ0n) is 18.2. The van der Waals surface area contributed by atoms with Crippen molar-refractivity contribution in [2.45, 2.75) is 13.5 Å². The molecule has 6 heteroatoms. The number of aromatic nitrogens is 1. The molecule has 0 unspecified atom stereocenters. The van der Waals surface area contributed by atoms with Gasteiger partial charge in [-0.05, 0) is 48.5 Å². The molecule has 0 atom stereocenters. The van der Waals surface area contributed by atoms with E-state index < -0.39 is 0 Å². The first-order valence-electron chi connectivity index (χ1n) is 10.9. The summed E-state index contributed by atoms with van der Waals surface area (Å²) in [4.78, 5) is 17.6. The minimum absolute atomic E-state index is 0.167. The van der Waals surface area contributed by atoms with E-state index in [1.165, 1.54) is 5.56 Å². The number of fused-ring (bicyclic) bond motifs is 2. The average molecular weight is 455 g/mol. The number of nitrogens with one attached hydrogen (secondary N) is 3. The van der Waals surface area contributed by atoms with Crippen LogP contribution in [-0.2, 0) is 11.3 Å². The van der Waals surface area contributed by atoms with Gasteiger partial charge in [0.25, 0.3) is 5.91 Å². The average Bonchev–Trinajstić information content (AvgIpc) is 3.16. The Morgan fingerprint density at radius 1 is 1.03 bits per heavy atom. The SMILES string of the molecule is CCNCc1ccc(N/C(=C2\C(=O)Nc3cc(Cl)ccc32)c2ccc3cccnc3c2)cc1. The van der Waals surface area contributed by atoms with Gasteiger partial charge in [0.1, 0.15) is 0 Å². The Morgan fingerprint density at radius 3 is 2.70 bits per heavy atom. The topological polar surface area (TPSA) is 66.0 Å². The van der Waals surface area contributed by atoms with E-state index in [9.17, 15) is 4.79 Å². The maximum Gasteiger partial charge on any atom is 0.258 e. The van der Waals surface area contributed by atoms with Gasteiger partial charge in [0, 0.05) is 40.0 Å². The number of carbonyl (C=O) groups is 1. The van der Waals surface area contributed by atoms with E-state index in [0.29, 0.717) is 16.3 Å². The number of benzene rings is 3. The summed E-state index contributed by atoms with van der Waals surface area (Å²) in [6.45, 7) is 3.83. The van der Waals surface area contributed by atoms with Gasteiger partial charge in [0.2, 0.25) is 0 Å². The highest BCUT2D eigenvalue weighted by atomic mass is 35.5. The lowest BCUT2D eigenvalue weighted by Gasteiger charge is -2.16. The first-order chi connectivity index (χ1) is 16.1. The largest absolute Gasteiger partial charge is 0.354 e. The van der Waals surface area contributed by atoms with Crippen molar-refractivity contribution < 1.29 is 4.79 Å². The Labute approximate surface area is 197 Å². The standard InChI is InChI=1S/C27H23ClN4O/c1-2-29-16-17-5-10-21(11-6-17)31-26(19-8-7-18-4-3-13-30-23(18)14-19)25-22-12-9-20(28)15-24(22)32-27(25)33/h3-15,29,31H,2,16H2,1H3,(H,32,33)/b26-25-. The molecule has 3 aromatic carbocycles. The molecule has 0 bridgehead atoms. The van der Waals surface area contributed by atoms with Gasteiger partial charge in [-0.3, -0.25) is 9.78 Å². The van der Waals surface area contributed by atoms with Crippen molar-refractivity contribution in [1.82, 2.24) is 10.3 Å². The fraction of sp³-hybridized carbons (Fsp3) is 0.111. The van der Waals surface area contributed by atoms with E-state index >= 15 is 0 Å². The Morgan fingerprint density at radius 2 is 1.88 bits per heavy atom. The van der Waals surface area contributed by atoms with E-state index in [-0.39, 0.29) is 5.91 Å². The highest BCUT2D eigenvalue weighted by molar-refractivity contribution is 6.38. The van der Waals surface area contributed by atoms with Crippen LogP contribution in [0.3, 0.4) is 0 Å². The molecule has 4 aromatic rings. The number of pyridine rings is 1. The smallest absolute Gasteiger partial charge is 0.258 e. The molecule has 1 aromatic heterocycles. The predicted octanol–water partition coefficient (Wildman–Crippen LogP) is 5.93. The molecule has 0 saturated heterocycles. The summed E-state index contributed by atoms with van der Waals surface area (Å²) in [6, 6.07) is 23.7. The van der Waals surface area contributed by atoms with Crippen molar-refractivity contribution in [3.05, 3.63) is 101 Å². The molecule has 2 heterocycles. The van der Waals surface area contributed by atoms with Gasteiger partial charge in [0.15, 0.2) is 0 Å². The quantitative estimate of drug-likeness (QED) is 0.316. The van der Waals surface area contributed by atoms with Gasteiger partial charge in [0.05, 0.1) is 22.5 Å². The van der Waals surface area contributed by atoms with Crippen LogP contribution in [0.25, 0.3) is 22.2 Å². The molecule has 33 heavy (non-hydrogen) atoms. The molecular formula is C27H23ClN4O. The minimum Gasteiger partial charge on any atom is -0.354 e. The third-order valence-electron chi connectivity index (χ3n) is 5.67. The van der Waals surface area contributed by atoms with Crippen LogP contribution in [0, 0.1) is 0 Å². The molecule has 1 aliphatic rings. The second-order valence-electron chi connectivity index (χ2n) is 7.91. The summed E-state index contributed by atoms with van der Waals surface area (Å²) in [6.07, 6.45) is 1.77. The van der Waals surface area contributed by atoms with Crippen molar-refractivity contribution in [3.63, 3.8) is 0 Å². The summed E-state index contributed by atoms with van der Waals surface area (Å²) < 4.78 is 0. The molecule has 0 fully saturated rings. The van der Waals surface area contributed by atoms with Crippen molar-refractivity contribution in [2.24, 2.45) is 0 Å². The van der Waals surface area contributed by atoms with E-state index in [1.54, 1.807) is 18.3 Å².